The SMILES string of the molecule is CC(C)OC(=O)Cn1nc(-c2ccc(Cl)cc2)ccc1=O. The highest BCUT2D eigenvalue weighted by atomic mass is 35.5. The van der Waals surface area contributed by atoms with E-state index in [4.69, 9.17) is 16.3 Å². The highest BCUT2D eigenvalue weighted by molar-refractivity contribution is 6.30. The summed E-state index contributed by atoms with van der Waals surface area (Å²) < 4.78 is 6.11. The molecule has 6 heteroatoms. The molecule has 21 heavy (non-hydrogen) atoms. The minimum Gasteiger partial charge on any atom is -0.462 e. The standard InChI is InChI=1S/C15H15ClN2O3/c1-10(2)21-15(20)9-18-14(19)8-7-13(17-18)11-3-5-12(16)6-4-11/h3-8,10H,9H2,1-2H3. The second-order valence-corrected chi connectivity index (χ2v) is 5.20. The van der Waals surface area contributed by atoms with Crippen LogP contribution in [0.2, 0.25) is 5.02 Å². The van der Waals surface area contributed by atoms with Gasteiger partial charge in [0, 0.05) is 16.7 Å². The van der Waals surface area contributed by atoms with E-state index in [1.165, 1.54) is 6.07 Å². The summed E-state index contributed by atoms with van der Waals surface area (Å²) in [6.07, 6.45) is -0.229. The first kappa shape index (κ1) is 15.3. The number of carbonyl (C=O) groups is 1. The van der Waals surface area contributed by atoms with Crippen LogP contribution in [0.4, 0.5) is 0 Å². The molecule has 0 fully saturated rings. The summed E-state index contributed by atoms with van der Waals surface area (Å²) in [4.78, 5) is 23.4. The molecular formula is C15H15ClN2O3. The van der Waals surface area contributed by atoms with E-state index in [0.717, 1.165) is 10.2 Å². The van der Waals surface area contributed by atoms with Gasteiger partial charge >= 0.3 is 5.97 Å². The zero-order chi connectivity index (χ0) is 15.4. The highest BCUT2D eigenvalue weighted by Crippen LogP contribution is 2.18. The van der Waals surface area contributed by atoms with Crippen LogP contribution in [0, 0.1) is 0 Å². The molecule has 0 aliphatic heterocycles. The van der Waals surface area contributed by atoms with Crippen LogP contribution in [-0.4, -0.2) is 21.9 Å². The number of esters is 1. The van der Waals surface area contributed by atoms with Gasteiger partial charge in [0.2, 0.25) is 0 Å². The number of aromatic nitrogens is 2. The maximum Gasteiger partial charge on any atom is 0.328 e. The van der Waals surface area contributed by atoms with E-state index in [2.05, 4.69) is 5.10 Å². The first-order valence-corrected chi connectivity index (χ1v) is 6.87. The van der Waals surface area contributed by atoms with Crippen LogP contribution in [0.15, 0.2) is 41.2 Å². The Bertz CT molecular complexity index is 693. The average molecular weight is 307 g/mol. The third kappa shape index (κ3) is 4.16. The Balaban J connectivity index is 2.27. The lowest BCUT2D eigenvalue weighted by molar-refractivity contribution is -0.148. The van der Waals surface area contributed by atoms with Crippen LogP contribution >= 0.6 is 11.6 Å². The lowest BCUT2D eigenvalue weighted by Gasteiger charge is -2.09. The Labute approximate surface area is 127 Å². The molecular weight excluding hydrogens is 292 g/mol. The van der Waals surface area contributed by atoms with Gasteiger partial charge in [-0.05, 0) is 32.0 Å². The zero-order valence-corrected chi connectivity index (χ0v) is 12.5. The Hall–Kier alpha value is -2.14. The van der Waals surface area contributed by atoms with Gasteiger partial charge in [-0.1, -0.05) is 23.7 Å². The summed E-state index contributed by atoms with van der Waals surface area (Å²) in [7, 11) is 0. The average Bonchev–Trinajstić information content (AvgIpc) is 2.41. The number of carbonyl (C=O) groups excluding carboxylic acids is 1. The molecule has 0 amide bonds. The van der Waals surface area contributed by atoms with Crippen LogP contribution < -0.4 is 5.56 Å². The van der Waals surface area contributed by atoms with Gasteiger partial charge in [-0.25, -0.2) is 4.68 Å². The number of hydrogen-bond donors (Lipinski definition) is 0. The predicted molar refractivity (Wildman–Crippen MR) is 80.2 cm³/mol. The molecule has 2 aromatic rings. The lowest BCUT2D eigenvalue weighted by atomic mass is 10.1. The van der Waals surface area contributed by atoms with Crippen molar-refractivity contribution in [3.63, 3.8) is 0 Å². The molecule has 1 heterocycles. The normalized spacial score (nSPS) is 10.7. The molecule has 0 aliphatic rings. The molecule has 0 N–H and O–H groups in total. The molecule has 0 saturated heterocycles. The molecule has 1 aromatic heterocycles. The van der Waals surface area contributed by atoms with Gasteiger partial charge in [-0.2, -0.15) is 5.10 Å². The summed E-state index contributed by atoms with van der Waals surface area (Å²) in [5, 5.41) is 4.80. The molecule has 0 unspecified atom stereocenters. The second-order valence-electron chi connectivity index (χ2n) is 4.76. The maximum absolute atomic E-state index is 11.7. The molecule has 110 valence electrons. The number of benzene rings is 1. The second kappa shape index (κ2) is 6.54. The Kier molecular flexibility index (Phi) is 4.75. The number of hydrogen-bond acceptors (Lipinski definition) is 4. The van der Waals surface area contributed by atoms with Gasteiger partial charge in [-0.15, -0.1) is 0 Å². The van der Waals surface area contributed by atoms with Gasteiger partial charge < -0.3 is 4.74 Å². The first-order valence-electron chi connectivity index (χ1n) is 6.49. The number of halogens is 1. The van der Waals surface area contributed by atoms with Crippen LogP contribution in [0.5, 0.6) is 0 Å². The van der Waals surface area contributed by atoms with Crippen molar-refractivity contribution in [2.45, 2.75) is 26.5 Å². The summed E-state index contributed by atoms with van der Waals surface area (Å²) in [5.41, 5.74) is 1.04. The Morgan fingerprint density at radius 2 is 1.90 bits per heavy atom. The van der Waals surface area contributed by atoms with E-state index in [1.807, 2.05) is 0 Å². The third-order valence-corrected chi connectivity index (χ3v) is 2.90. The van der Waals surface area contributed by atoms with E-state index >= 15 is 0 Å². The molecule has 0 bridgehead atoms. The van der Waals surface area contributed by atoms with Gasteiger partial charge in [0.1, 0.15) is 6.54 Å². The zero-order valence-electron chi connectivity index (χ0n) is 11.7. The quantitative estimate of drug-likeness (QED) is 0.814. The van der Waals surface area contributed by atoms with Crippen molar-refractivity contribution in [3.05, 3.63) is 51.8 Å². The van der Waals surface area contributed by atoms with Crippen LogP contribution in [0.1, 0.15) is 13.8 Å². The van der Waals surface area contributed by atoms with Crippen molar-refractivity contribution < 1.29 is 9.53 Å². The van der Waals surface area contributed by atoms with Crippen molar-refractivity contribution in [2.24, 2.45) is 0 Å². The number of rotatable bonds is 4. The first-order chi connectivity index (χ1) is 9.95. The predicted octanol–water partition coefficient (Wildman–Crippen LogP) is 2.52. The van der Waals surface area contributed by atoms with Crippen molar-refractivity contribution in [1.29, 1.82) is 0 Å². The van der Waals surface area contributed by atoms with Gasteiger partial charge in [0.25, 0.3) is 5.56 Å². The highest BCUT2D eigenvalue weighted by Gasteiger charge is 2.10. The summed E-state index contributed by atoms with van der Waals surface area (Å²) in [6.45, 7) is 3.29. The Morgan fingerprint density at radius 1 is 1.24 bits per heavy atom. The number of ether oxygens (including phenoxy) is 1. The molecule has 1 aromatic carbocycles. The van der Waals surface area contributed by atoms with Crippen LogP contribution in [-0.2, 0) is 16.1 Å². The molecule has 0 atom stereocenters. The van der Waals surface area contributed by atoms with Crippen molar-refractivity contribution >= 4 is 17.6 Å². The number of nitrogens with zero attached hydrogens (tertiary/aromatic N) is 2. The summed E-state index contributed by atoms with van der Waals surface area (Å²) in [6, 6.07) is 10.1. The van der Waals surface area contributed by atoms with Crippen LogP contribution in [0.25, 0.3) is 11.3 Å². The van der Waals surface area contributed by atoms with E-state index in [-0.39, 0.29) is 18.2 Å². The molecule has 0 spiro atoms. The molecule has 2 rings (SSSR count). The maximum atomic E-state index is 11.7. The fourth-order valence-electron chi connectivity index (χ4n) is 1.76. The topological polar surface area (TPSA) is 61.2 Å². The molecule has 0 saturated carbocycles. The lowest BCUT2D eigenvalue weighted by Crippen LogP contribution is -2.28. The molecule has 0 aliphatic carbocycles. The third-order valence-electron chi connectivity index (χ3n) is 2.65. The Morgan fingerprint density at radius 3 is 2.52 bits per heavy atom. The van der Waals surface area contributed by atoms with Crippen LogP contribution in [0.3, 0.4) is 0 Å². The van der Waals surface area contributed by atoms with E-state index in [0.29, 0.717) is 10.7 Å². The smallest absolute Gasteiger partial charge is 0.328 e. The summed E-state index contributed by atoms with van der Waals surface area (Å²) in [5.74, 6) is -0.493. The minimum atomic E-state index is -0.493. The van der Waals surface area contributed by atoms with E-state index in [1.54, 1.807) is 44.2 Å². The van der Waals surface area contributed by atoms with E-state index < -0.39 is 5.97 Å². The fraction of sp³-hybridized carbons (Fsp3) is 0.267. The monoisotopic (exact) mass is 306 g/mol. The molecule has 0 radical (unpaired) electrons. The summed E-state index contributed by atoms with van der Waals surface area (Å²) >= 11 is 5.84. The van der Waals surface area contributed by atoms with E-state index in [9.17, 15) is 9.59 Å². The van der Waals surface area contributed by atoms with Gasteiger partial charge in [0.05, 0.1) is 11.8 Å². The van der Waals surface area contributed by atoms with Crippen molar-refractivity contribution in [3.8, 4) is 11.3 Å². The van der Waals surface area contributed by atoms with Crippen molar-refractivity contribution in [1.82, 2.24) is 9.78 Å². The van der Waals surface area contributed by atoms with Gasteiger partial charge in [-0.3, -0.25) is 9.59 Å². The van der Waals surface area contributed by atoms with Crippen molar-refractivity contribution in [2.75, 3.05) is 0 Å². The fourth-order valence-corrected chi connectivity index (χ4v) is 1.89. The molecule has 5 nitrogen and oxygen atoms in total. The largest absolute Gasteiger partial charge is 0.462 e. The van der Waals surface area contributed by atoms with Gasteiger partial charge in [0.15, 0.2) is 0 Å². The minimum absolute atomic E-state index is 0.210.